The van der Waals surface area contributed by atoms with Crippen LogP contribution in [0.25, 0.3) is 0 Å². The number of methoxy groups -OCH3 is 2. The van der Waals surface area contributed by atoms with E-state index in [0.717, 1.165) is 29.5 Å². The summed E-state index contributed by atoms with van der Waals surface area (Å²) in [7, 11) is 2.94. The third kappa shape index (κ3) is 5.02. The van der Waals surface area contributed by atoms with Gasteiger partial charge in [-0.1, -0.05) is 30.3 Å². The van der Waals surface area contributed by atoms with Crippen LogP contribution in [-0.2, 0) is 35.3 Å². The fourth-order valence-corrected chi connectivity index (χ4v) is 3.71. The summed E-state index contributed by atoms with van der Waals surface area (Å²) in [6.45, 7) is 2.18. The van der Waals surface area contributed by atoms with Gasteiger partial charge in [0.05, 0.1) is 13.7 Å². The smallest absolute Gasteiger partial charge is 0.341 e. The molecule has 0 atom stereocenters. The van der Waals surface area contributed by atoms with Crippen LogP contribution in [0.4, 0.5) is 0 Å². The van der Waals surface area contributed by atoms with Crippen molar-refractivity contribution >= 4 is 17.6 Å². The van der Waals surface area contributed by atoms with Crippen LogP contribution in [-0.4, -0.2) is 31.2 Å². The Kier molecular flexibility index (Phi) is 8.14. The van der Waals surface area contributed by atoms with Gasteiger partial charge < -0.3 is 14.6 Å². The van der Waals surface area contributed by atoms with Crippen LogP contribution in [0.15, 0.2) is 30.3 Å². The molecule has 0 aliphatic heterocycles. The van der Waals surface area contributed by atoms with Crippen molar-refractivity contribution < 1.29 is 19.4 Å². The molecule has 0 spiro atoms. The van der Waals surface area contributed by atoms with Crippen LogP contribution < -0.4 is 0 Å². The number of aromatic hydroxyl groups is 1. The minimum atomic E-state index is -0.533. The number of alkyl halides is 1. The molecule has 4 nitrogen and oxygen atoms in total. The number of ether oxygens (including phenoxy) is 2. The van der Waals surface area contributed by atoms with Crippen molar-refractivity contribution in [3.05, 3.63) is 63.7 Å². The zero-order valence-electron chi connectivity index (χ0n) is 16.2. The average molecular weight is 391 g/mol. The number of benzene rings is 2. The molecule has 2 aromatic carbocycles. The second kappa shape index (κ2) is 10.3. The molecule has 2 aromatic rings. The van der Waals surface area contributed by atoms with Crippen LogP contribution >= 0.6 is 11.6 Å². The largest absolute Gasteiger partial charge is 0.507 e. The van der Waals surface area contributed by atoms with E-state index in [4.69, 9.17) is 21.1 Å². The van der Waals surface area contributed by atoms with Gasteiger partial charge in [0.15, 0.2) is 0 Å². The van der Waals surface area contributed by atoms with Crippen molar-refractivity contribution in [1.82, 2.24) is 0 Å². The van der Waals surface area contributed by atoms with Crippen molar-refractivity contribution in [3.63, 3.8) is 0 Å². The summed E-state index contributed by atoms with van der Waals surface area (Å²) in [5, 5.41) is 10.9. The van der Waals surface area contributed by atoms with Gasteiger partial charge in [0.2, 0.25) is 0 Å². The third-order valence-corrected chi connectivity index (χ3v) is 5.03. The molecule has 27 heavy (non-hydrogen) atoms. The number of aryl methyl sites for hydroxylation is 1. The Morgan fingerprint density at radius 2 is 1.74 bits per heavy atom. The molecule has 0 aromatic heterocycles. The second-order valence-electron chi connectivity index (χ2n) is 6.49. The van der Waals surface area contributed by atoms with Gasteiger partial charge in [-0.05, 0) is 54.9 Å². The highest BCUT2D eigenvalue weighted by atomic mass is 35.5. The van der Waals surface area contributed by atoms with Gasteiger partial charge in [0, 0.05) is 18.6 Å². The first-order valence-corrected chi connectivity index (χ1v) is 9.61. The van der Waals surface area contributed by atoms with E-state index in [1.54, 1.807) is 7.11 Å². The van der Waals surface area contributed by atoms with Crippen molar-refractivity contribution in [2.45, 2.75) is 39.2 Å². The quantitative estimate of drug-likeness (QED) is 0.502. The first-order chi connectivity index (χ1) is 13.0. The van der Waals surface area contributed by atoms with Gasteiger partial charge >= 0.3 is 5.97 Å². The van der Waals surface area contributed by atoms with Crippen LogP contribution in [0.5, 0.6) is 5.75 Å². The number of carbonyl (C=O) groups is 1. The number of halogens is 1. The van der Waals surface area contributed by atoms with Crippen molar-refractivity contribution in [1.29, 1.82) is 0 Å². The Bertz CT molecular complexity index is 772. The minimum Gasteiger partial charge on any atom is -0.507 e. The number of hydrogen-bond donors (Lipinski definition) is 1. The molecule has 0 amide bonds. The molecule has 0 unspecified atom stereocenters. The van der Waals surface area contributed by atoms with E-state index < -0.39 is 5.97 Å². The van der Waals surface area contributed by atoms with E-state index in [-0.39, 0.29) is 11.3 Å². The summed E-state index contributed by atoms with van der Waals surface area (Å²) in [5.41, 5.74) is 4.81. The van der Waals surface area contributed by atoms with Gasteiger partial charge in [-0.2, -0.15) is 0 Å². The third-order valence-electron chi connectivity index (χ3n) is 4.84. The molecule has 0 saturated heterocycles. The molecule has 1 N–H and O–H groups in total. The predicted octanol–water partition coefficient (Wildman–Crippen LogP) is 4.59. The standard InChI is InChI=1S/C22H27ClO4/c1-15-17(12-13-23)19(14-26-2)18(21(24)20(15)22(25)27-3)11-7-10-16-8-5-4-6-9-16/h4-6,8-9,24H,7,10-14H2,1-3H3. The average Bonchev–Trinajstić information content (AvgIpc) is 2.68. The van der Waals surface area contributed by atoms with Crippen LogP contribution in [0.1, 0.15) is 44.6 Å². The zero-order valence-corrected chi connectivity index (χ0v) is 16.9. The zero-order chi connectivity index (χ0) is 19.8. The van der Waals surface area contributed by atoms with E-state index in [2.05, 4.69) is 12.1 Å². The lowest BCUT2D eigenvalue weighted by Crippen LogP contribution is -2.13. The van der Waals surface area contributed by atoms with Crippen LogP contribution in [0, 0.1) is 6.92 Å². The Balaban J connectivity index is 2.44. The molecule has 0 saturated carbocycles. The molecule has 5 heteroatoms. The number of esters is 1. The minimum absolute atomic E-state index is 0.00205. The Morgan fingerprint density at radius 3 is 2.33 bits per heavy atom. The fraction of sp³-hybridized carbons (Fsp3) is 0.409. The maximum Gasteiger partial charge on any atom is 0.341 e. The fourth-order valence-electron chi connectivity index (χ4n) is 3.52. The summed E-state index contributed by atoms with van der Waals surface area (Å²) >= 11 is 6.00. The number of phenolic OH excluding ortho intramolecular Hbond substituents is 1. The SMILES string of the molecule is COCc1c(CCCl)c(C)c(C(=O)OC)c(O)c1CCCc1ccccc1. The van der Waals surface area contributed by atoms with Gasteiger partial charge in [-0.3, -0.25) is 0 Å². The summed E-state index contributed by atoms with van der Waals surface area (Å²) < 4.78 is 10.3. The molecule has 0 aliphatic carbocycles. The molecule has 0 fully saturated rings. The first kappa shape index (κ1) is 21.3. The van der Waals surface area contributed by atoms with E-state index in [1.807, 2.05) is 25.1 Å². The molecule has 0 bridgehead atoms. The molecule has 0 aliphatic rings. The van der Waals surface area contributed by atoms with Gasteiger partial charge in [-0.15, -0.1) is 11.6 Å². The Morgan fingerprint density at radius 1 is 1.04 bits per heavy atom. The normalized spacial score (nSPS) is 10.8. The molecular formula is C22H27ClO4. The molecular weight excluding hydrogens is 364 g/mol. The van der Waals surface area contributed by atoms with E-state index >= 15 is 0 Å². The molecule has 0 heterocycles. The summed E-state index contributed by atoms with van der Waals surface area (Å²) in [5.74, 6) is -0.112. The molecule has 2 rings (SSSR count). The maximum atomic E-state index is 12.3. The maximum absolute atomic E-state index is 12.3. The van der Waals surface area contributed by atoms with E-state index in [9.17, 15) is 9.90 Å². The monoisotopic (exact) mass is 390 g/mol. The summed E-state index contributed by atoms with van der Waals surface area (Å²) in [4.78, 5) is 12.3. The van der Waals surface area contributed by atoms with Crippen molar-refractivity contribution in [2.75, 3.05) is 20.1 Å². The van der Waals surface area contributed by atoms with Crippen LogP contribution in [0.3, 0.4) is 0 Å². The highest BCUT2D eigenvalue weighted by Gasteiger charge is 2.25. The van der Waals surface area contributed by atoms with E-state index in [1.165, 1.54) is 12.7 Å². The lowest BCUT2D eigenvalue weighted by molar-refractivity contribution is 0.0596. The number of carbonyl (C=O) groups excluding carboxylic acids is 1. The Hall–Kier alpha value is -2.04. The molecule has 146 valence electrons. The topological polar surface area (TPSA) is 55.8 Å². The van der Waals surface area contributed by atoms with Crippen molar-refractivity contribution in [3.8, 4) is 5.75 Å². The van der Waals surface area contributed by atoms with Gasteiger partial charge in [-0.25, -0.2) is 4.79 Å². The highest BCUT2D eigenvalue weighted by molar-refractivity contribution is 6.18. The van der Waals surface area contributed by atoms with Gasteiger partial charge in [0.25, 0.3) is 0 Å². The Labute approximate surface area is 166 Å². The van der Waals surface area contributed by atoms with E-state index in [0.29, 0.717) is 30.9 Å². The number of phenols is 1. The predicted molar refractivity (Wildman–Crippen MR) is 108 cm³/mol. The summed E-state index contributed by atoms with van der Waals surface area (Å²) in [6, 6.07) is 10.2. The van der Waals surface area contributed by atoms with Crippen molar-refractivity contribution in [2.24, 2.45) is 0 Å². The van der Waals surface area contributed by atoms with Gasteiger partial charge in [0.1, 0.15) is 11.3 Å². The number of rotatable bonds is 9. The number of hydrogen-bond acceptors (Lipinski definition) is 4. The highest BCUT2D eigenvalue weighted by Crippen LogP contribution is 2.36. The lowest BCUT2D eigenvalue weighted by Gasteiger charge is -2.21. The molecule has 0 radical (unpaired) electrons. The van der Waals surface area contributed by atoms with Crippen LogP contribution in [0.2, 0.25) is 0 Å². The first-order valence-electron chi connectivity index (χ1n) is 9.08. The summed E-state index contributed by atoms with van der Waals surface area (Å²) in [6.07, 6.45) is 2.97. The second-order valence-corrected chi connectivity index (χ2v) is 6.86. The lowest BCUT2D eigenvalue weighted by atomic mass is 9.87.